The van der Waals surface area contributed by atoms with Gasteiger partial charge in [-0.15, -0.1) is 0 Å². The fourth-order valence-corrected chi connectivity index (χ4v) is 0. The molecule has 0 saturated heterocycles. The predicted molar refractivity (Wildman–Crippen MR) is 42.7 cm³/mol. The predicted octanol–water partition coefficient (Wildman–Crippen LogP) is -4.44. The first kappa shape index (κ1) is 39.1. The maximum atomic E-state index is 3.64. The van der Waals surface area contributed by atoms with Gasteiger partial charge >= 0.3 is 46.1 Å². The van der Waals surface area contributed by atoms with Crippen LogP contribution in [-0.2, 0) is 0 Å². The first-order valence-corrected chi connectivity index (χ1v) is 2.27. The van der Waals surface area contributed by atoms with Gasteiger partial charge in [-0.05, 0) is 0 Å². The monoisotopic (exact) mass is 292 g/mol. The molecule has 0 heterocycles. The van der Waals surface area contributed by atoms with Crippen molar-refractivity contribution in [1.82, 2.24) is 0 Å². The van der Waals surface area contributed by atoms with Gasteiger partial charge in [0.15, 0.2) is 0 Å². The summed E-state index contributed by atoms with van der Waals surface area (Å²) in [4.78, 5) is 0. The molecule has 0 nitrogen and oxygen atoms in total. The van der Waals surface area contributed by atoms with Gasteiger partial charge in [0.2, 0.25) is 0 Å². The Morgan fingerprint density at radius 3 is 0.900 bits per heavy atom. The summed E-state index contributed by atoms with van der Waals surface area (Å²) in [5.74, 6) is 0.583. The minimum Gasteiger partial charge on any atom is -1.00 e. The second kappa shape index (κ2) is 41.9. The maximum Gasteiger partial charge on any atom is 2.00 e. The van der Waals surface area contributed by atoms with Crippen molar-refractivity contribution >= 4 is 46.1 Å². The quantitative estimate of drug-likeness (QED) is 0.312. The van der Waals surface area contributed by atoms with Crippen molar-refractivity contribution in [3.63, 3.8) is 0 Å². The zero-order valence-corrected chi connectivity index (χ0v) is 13.2. The van der Waals surface area contributed by atoms with Crippen molar-refractivity contribution < 1.29 is 34.0 Å². The molecule has 0 unspecified atom stereocenters. The maximum absolute atomic E-state index is 3.64. The van der Waals surface area contributed by atoms with E-state index in [0.29, 0.717) is 5.92 Å². The Labute approximate surface area is 119 Å². The van der Waals surface area contributed by atoms with Gasteiger partial charge in [-0.2, -0.15) is 12.8 Å². The Hall–Kier alpha value is 2.49. The first-order valence-electron chi connectivity index (χ1n) is 2.27. The molecule has 56 valence electrons. The topological polar surface area (TPSA) is 0 Å². The van der Waals surface area contributed by atoms with E-state index in [1.165, 1.54) is 0 Å². The molecular formula is C6H14Br2Mg2. The molecule has 0 bridgehead atoms. The molecule has 0 aliphatic carbocycles. The zero-order valence-electron chi connectivity index (χ0n) is 7.16. The van der Waals surface area contributed by atoms with Gasteiger partial charge in [-0.1, -0.05) is 13.8 Å². The largest absolute Gasteiger partial charge is 2.00 e. The van der Waals surface area contributed by atoms with Crippen LogP contribution in [0.3, 0.4) is 0 Å². The third-order valence-corrected chi connectivity index (χ3v) is 0. The summed E-state index contributed by atoms with van der Waals surface area (Å²) in [6.07, 6.45) is 0. The summed E-state index contributed by atoms with van der Waals surface area (Å²) in [6.45, 7) is 12.8. The third kappa shape index (κ3) is 152. The molecule has 10 heavy (non-hydrogen) atoms. The van der Waals surface area contributed by atoms with Gasteiger partial charge in [0.05, 0.1) is 0 Å². The molecule has 4 heteroatoms. The van der Waals surface area contributed by atoms with E-state index >= 15 is 0 Å². The molecule has 0 N–H and O–H groups in total. The second-order valence-corrected chi connectivity index (χ2v) is 1.39. The van der Waals surface area contributed by atoms with Crippen molar-refractivity contribution in [3.8, 4) is 0 Å². The van der Waals surface area contributed by atoms with Crippen molar-refractivity contribution in [2.45, 2.75) is 20.8 Å². The fraction of sp³-hybridized carbons (Fsp3) is 0.667. The number of rotatable bonds is 0. The number of hydrogen-bond donors (Lipinski definition) is 0. The van der Waals surface area contributed by atoms with Crippen LogP contribution >= 0.6 is 0 Å². The third-order valence-electron chi connectivity index (χ3n) is 0. The fourth-order valence-electron chi connectivity index (χ4n) is 0. The molecular weight excluding hydrogens is 280 g/mol. The minimum absolute atomic E-state index is 0. The summed E-state index contributed by atoms with van der Waals surface area (Å²) in [5, 5.41) is 0. The van der Waals surface area contributed by atoms with Gasteiger partial charge in [0.1, 0.15) is 0 Å². The van der Waals surface area contributed by atoms with E-state index < -0.39 is 0 Å². The smallest absolute Gasteiger partial charge is 1.00 e. The summed E-state index contributed by atoms with van der Waals surface area (Å²) >= 11 is 0. The molecule has 0 rings (SSSR count). The molecule has 0 fully saturated rings. The van der Waals surface area contributed by atoms with Crippen molar-refractivity contribution in [2.75, 3.05) is 0 Å². The van der Waals surface area contributed by atoms with Crippen LogP contribution < -0.4 is 34.0 Å². The van der Waals surface area contributed by atoms with Crippen LogP contribution in [-0.4, -0.2) is 46.1 Å². The Bertz CT molecular complexity index is 18.5. The van der Waals surface area contributed by atoms with E-state index in [2.05, 4.69) is 27.7 Å². The van der Waals surface area contributed by atoms with Crippen molar-refractivity contribution in [3.05, 3.63) is 13.8 Å². The van der Waals surface area contributed by atoms with Crippen molar-refractivity contribution in [2.24, 2.45) is 5.92 Å². The van der Waals surface area contributed by atoms with E-state index in [1.54, 1.807) is 6.92 Å². The summed E-state index contributed by atoms with van der Waals surface area (Å²) in [6, 6.07) is 0. The molecule has 0 aliphatic heterocycles. The van der Waals surface area contributed by atoms with Crippen LogP contribution in [0.2, 0.25) is 0 Å². The van der Waals surface area contributed by atoms with E-state index in [1.807, 2.05) is 0 Å². The Balaban J connectivity index is -0.00000000625. The normalized spacial score (nSPS) is 4.20. The van der Waals surface area contributed by atoms with Gasteiger partial charge in [0.25, 0.3) is 0 Å². The van der Waals surface area contributed by atoms with Crippen molar-refractivity contribution in [1.29, 1.82) is 0 Å². The molecule has 0 radical (unpaired) electrons. The summed E-state index contributed by atoms with van der Waals surface area (Å²) in [5.41, 5.74) is 0. The van der Waals surface area contributed by atoms with Gasteiger partial charge < -0.3 is 47.8 Å². The summed E-state index contributed by atoms with van der Waals surface area (Å²) < 4.78 is 0. The van der Waals surface area contributed by atoms with E-state index in [4.69, 9.17) is 0 Å². The van der Waals surface area contributed by atoms with Crippen LogP contribution in [0.15, 0.2) is 0 Å². The number of halogens is 2. The van der Waals surface area contributed by atoms with E-state index in [0.717, 1.165) is 0 Å². The first-order chi connectivity index (χ1) is 2.73. The van der Waals surface area contributed by atoms with Crippen LogP contribution in [0.5, 0.6) is 0 Å². The molecule has 0 saturated carbocycles. The molecule has 0 aromatic heterocycles. The summed E-state index contributed by atoms with van der Waals surface area (Å²) in [7, 11) is 0. The van der Waals surface area contributed by atoms with Crippen LogP contribution in [0.25, 0.3) is 0 Å². The SMILES string of the molecule is [Br-].[Br-].[CH2-]C.[CH2-]C(C)C.[Mg+2].[Mg+2]. The van der Waals surface area contributed by atoms with E-state index in [-0.39, 0.29) is 80.1 Å². The van der Waals surface area contributed by atoms with Gasteiger partial charge in [-0.3, -0.25) is 0 Å². The molecule has 0 amide bonds. The standard InChI is InChI=1S/C4H9.C2H5.2BrH.2Mg/c1-4(2)3;1-2;;;;/h4H,1H2,2-3H3;1H2,2H3;2*1H;;/q2*-1;;;2*+2/p-2. The Morgan fingerprint density at radius 2 is 0.900 bits per heavy atom. The van der Waals surface area contributed by atoms with Crippen LogP contribution in [0.1, 0.15) is 20.8 Å². The van der Waals surface area contributed by atoms with Crippen LogP contribution in [0, 0.1) is 19.8 Å². The number of hydrogen-bond acceptors (Lipinski definition) is 0. The Morgan fingerprint density at radius 1 is 0.900 bits per heavy atom. The zero-order chi connectivity index (χ0) is 5.58. The minimum atomic E-state index is 0. The Kier molecular flexibility index (Phi) is 164. The molecule has 0 atom stereocenters. The molecule has 0 aromatic carbocycles. The molecule has 0 aromatic rings. The molecule has 0 aliphatic rings. The average Bonchev–Trinajstić information content (AvgIpc) is 1.41. The second-order valence-electron chi connectivity index (χ2n) is 1.39. The van der Waals surface area contributed by atoms with E-state index in [9.17, 15) is 0 Å². The average molecular weight is 295 g/mol. The van der Waals surface area contributed by atoms with Gasteiger partial charge in [-0.25, -0.2) is 0 Å². The molecule has 0 spiro atoms. The van der Waals surface area contributed by atoms with Crippen LogP contribution in [0.4, 0.5) is 0 Å². The van der Waals surface area contributed by atoms with Gasteiger partial charge in [0, 0.05) is 0 Å².